The molecular formula is C12H20N4O2. The summed E-state index contributed by atoms with van der Waals surface area (Å²) in [5.74, 6) is 0.577. The number of rotatable bonds is 4. The van der Waals surface area contributed by atoms with Crippen molar-refractivity contribution >= 4 is 22.7 Å². The Hall–Kier alpha value is -1.82. The SMILES string of the molecule is CCCOC1CNc2c(N)c(OC)cc(N)c2N1. The van der Waals surface area contributed by atoms with E-state index in [4.69, 9.17) is 20.9 Å². The molecular weight excluding hydrogens is 232 g/mol. The predicted molar refractivity (Wildman–Crippen MR) is 74.0 cm³/mol. The molecule has 1 aliphatic heterocycles. The summed E-state index contributed by atoms with van der Waals surface area (Å²) in [6.45, 7) is 3.42. The summed E-state index contributed by atoms with van der Waals surface area (Å²) in [6.07, 6.45) is 0.887. The van der Waals surface area contributed by atoms with Crippen molar-refractivity contribution in [3.8, 4) is 5.75 Å². The Morgan fingerprint density at radius 3 is 2.83 bits per heavy atom. The van der Waals surface area contributed by atoms with E-state index in [2.05, 4.69) is 17.6 Å². The number of anilines is 4. The number of methoxy groups -OCH3 is 1. The van der Waals surface area contributed by atoms with Gasteiger partial charge >= 0.3 is 0 Å². The minimum atomic E-state index is -0.0902. The highest BCUT2D eigenvalue weighted by Crippen LogP contribution is 2.42. The Kier molecular flexibility index (Phi) is 3.66. The first kappa shape index (κ1) is 12.6. The molecule has 0 saturated carbocycles. The first-order valence-electron chi connectivity index (χ1n) is 6.05. The third kappa shape index (κ3) is 2.24. The van der Waals surface area contributed by atoms with Crippen molar-refractivity contribution in [1.29, 1.82) is 0 Å². The van der Waals surface area contributed by atoms with Gasteiger partial charge in [0.15, 0.2) is 0 Å². The summed E-state index contributed by atoms with van der Waals surface area (Å²) in [5, 5.41) is 6.48. The van der Waals surface area contributed by atoms with E-state index in [-0.39, 0.29) is 6.23 Å². The molecule has 0 radical (unpaired) electrons. The minimum absolute atomic E-state index is 0.0902. The average Bonchev–Trinajstić information content (AvgIpc) is 2.40. The van der Waals surface area contributed by atoms with E-state index >= 15 is 0 Å². The lowest BCUT2D eigenvalue weighted by molar-refractivity contribution is 0.0800. The number of nitrogen functional groups attached to an aromatic ring is 2. The molecule has 0 spiro atoms. The van der Waals surface area contributed by atoms with Crippen molar-refractivity contribution in [1.82, 2.24) is 0 Å². The standard InChI is InChI=1S/C12H20N4O2/c1-3-4-18-9-6-15-12-10(14)8(17-2)5-7(13)11(12)16-9/h5,9,15-16H,3-4,6,13-14H2,1-2H3. The van der Waals surface area contributed by atoms with Crippen molar-refractivity contribution in [2.75, 3.05) is 42.4 Å². The summed E-state index contributed by atoms with van der Waals surface area (Å²) in [6, 6.07) is 1.71. The van der Waals surface area contributed by atoms with Crippen LogP contribution in [0.1, 0.15) is 13.3 Å². The van der Waals surface area contributed by atoms with Gasteiger partial charge in [0.25, 0.3) is 0 Å². The summed E-state index contributed by atoms with van der Waals surface area (Å²) >= 11 is 0. The first-order chi connectivity index (χ1) is 8.67. The summed E-state index contributed by atoms with van der Waals surface area (Å²) in [7, 11) is 1.57. The maximum atomic E-state index is 6.01. The zero-order valence-electron chi connectivity index (χ0n) is 10.7. The molecule has 0 amide bonds. The van der Waals surface area contributed by atoms with Gasteiger partial charge in [-0.15, -0.1) is 0 Å². The third-order valence-corrected chi connectivity index (χ3v) is 2.87. The molecule has 1 aromatic carbocycles. The van der Waals surface area contributed by atoms with Crippen LogP contribution < -0.4 is 26.8 Å². The van der Waals surface area contributed by atoms with Crippen LogP contribution in [0.3, 0.4) is 0 Å². The van der Waals surface area contributed by atoms with Crippen LogP contribution >= 0.6 is 0 Å². The molecule has 6 N–H and O–H groups in total. The molecule has 1 atom stereocenters. The Bertz CT molecular complexity index is 437. The smallest absolute Gasteiger partial charge is 0.146 e. The van der Waals surface area contributed by atoms with Crippen molar-refractivity contribution in [2.24, 2.45) is 0 Å². The van der Waals surface area contributed by atoms with Gasteiger partial charge in [-0.05, 0) is 6.42 Å². The fraction of sp³-hybridized carbons (Fsp3) is 0.500. The van der Waals surface area contributed by atoms with Gasteiger partial charge in [0, 0.05) is 12.7 Å². The van der Waals surface area contributed by atoms with E-state index in [9.17, 15) is 0 Å². The van der Waals surface area contributed by atoms with Gasteiger partial charge in [0.1, 0.15) is 12.0 Å². The highest BCUT2D eigenvalue weighted by molar-refractivity contribution is 5.94. The van der Waals surface area contributed by atoms with E-state index in [1.807, 2.05) is 0 Å². The number of nitrogens with two attached hydrogens (primary N) is 2. The highest BCUT2D eigenvalue weighted by atomic mass is 16.5. The lowest BCUT2D eigenvalue weighted by Gasteiger charge is -2.30. The molecule has 0 bridgehead atoms. The van der Waals surface area contributed by atoms with Crippen LogP contribution in [0.2, 0.25) is 0 Å². The van der Waals surface area contributed by atoms with E-state index < -0.39 is 0 Å². The minimum Gasteiger partial charge on any atom is -0.494 e. The second-order valence-corrected chi connectivity index (χ2v) is 4.22. The third-order valence-electron chi connectivity index (χ3n) is 2.87. The molecule has 6 heteroatoms. The summed E-state index contributed by atoms with van der Waals surface area (Å²) in [4.78, 5) is 0. The second kappa shape index (κ2) is 5.22. The van der Waals surface area contributed by atoms with Gasteiger partial charge in [-0.3, -0.25) is 0 Å². The van der Waals surface area contributed by atoms with E-state index in [0.717, 1.165) is 17.8 Å². The maximum Gasteiger partial charge on any atom is 0.146 e. The molecule has 0 aromatic heterocycles. The Morgan fingerprint density at radius 1 is 1.39 bits per heavy atom. The zero-order chi connectivity index (χ0) is 13.1. The van der Waals surface area contributed by atoms with Gasteiger partial charge in [-0.2, -0.15) is 0 Å². The van der Waals surface area contributed by atoms with Crippen molar-refractivity contribution < 1.29 is 9.47 Å². The molecule has 100 valence electrons. The Balaban J connectivity index is 2.25. The lowest BCUT2D eigenvalue weighted by atomic mass is 10.1. The van der Waals surface area contributed by atoms with Crippen molar-refractivity contribution in [3.63, 3.8) is 0 Å². The van der Waals surface area contributed by atoms with E-state index in [0.29, 0.717) is 30.3 Å². The van der Waals surface area contributed by atoms with Crippen LogP contribution in [0.5, 0.6) is 5.75 Å². The molecule has 0 aliphatic carbocycles. The van der Waals surface area contributed by atoms with Crippen molar-refractivity contribution in [2.45, 2.75) is 19.6 Å². The van der Waals surface area contributed by atoms with Crippen LogP contribution in [-0.2, 0) is 4.74 Å². The molecule has 1 heterocycles. The number of benzene rings is 1. The molecule has 1 aliphatic rings. The molecule has 6 nitrogen and oxygen atoms in total. The Morgan fingerprint density at radius 2 is 2.17 bits per heavy atom. The van der Waals surface area contributed by atoms with Crippen LogP contribution in [0.15, 0.2) is 6.07 Å². The van der Waals surface area contributed by atoms with Crippen molar-refractivity contribution in [3.05, 3.63) is 6.07 Å². The number of ether oxygens (including phenoxy) is 2. The monoisotopic (exact) mass is 252 g/mol. The quantitative estimate of drug-likeness (QED) is 0.606. The lowest BCUT2D eigenvalue weighted by Crippen LogP contribution is -2.36. The molecule has 18 heavy (non-hydrogen) atoms. The molecule has 2 rings (SSSR count). The molecule has 0 saturated heterocycles. The van der Waals surface area contributed by atoms with Gasteiger partial charge in [-0.25, -0.2) is 0 Å². The van der Waals surface area contributed by atoms with Crippen LogP contribution in [-0.4, -0.2) is 26.5 Å². The van der Waals surface area contributed by atoms with Gasteiger partial charge in [0.05, 0.1) is 36.4 Å². The number of fused-ring (bicyclic) bond motifs is 1. The highest BCUT2D eigenvalue weighted by Gasteiger charge is 2.23. The van der Waals surface area contributed by atoms with Crippen LogP contribution in [0.25, 0.3) is 0 Å². The topological polar surface area (TPSA) is 94.6 Å². The fourth-order valence-electron chi connectivity index (χ4n) is 1.97. The molecule has 0 fully saturated rings. The normalized spacial score (nSPS) is 17.6. The van der Waals surface area contributed by atoms with Crippen LogP contribution in [0, 0.1) is 0 Å². The van der Waals surface area contributed by atoms with Gasteiger partial charge < -0.3 is 31.6 Å². The summed E-state index contributed by atoms with van der Waals surface area (Å²) < 4.78 is 10.8. The largest absolute Gasteiger partial charge is 0.494 e. The number of hydrogen-bond donors (Lipinski definition) is 4. The molecule has 1 unspecified atom stereocenters. The average molecular weight is 252 g/mol. The zero-order valence-corrected chi connectivity index (χ0v) is 10.7. The first-order valence-corrected chi connectivity index (χ1v) is 6.05. The summed E-state index contributed by atoms with van der Waals surface area (Å²) in [5.41, 5.74) is 14.7. The number of hydrogen-bond acceptors (Lipinski definition) is 6. The Labute approximate surface area is 107 Å². The van der Waals surface area contributed by atoms with Gasteiger partial charge in [0.2, 0.25) is 0 Å². The van der Waals surface area contributed by atoms with Gasteiger partial charge in [-0.1, -0.05) is 6.92 Å². The number of nitrogens with one attached hydrogen (secondary N) is 2. The fourth-order valence-corrected chi connectivity index (χ4v) is 1.97. The molecule has 1 aromatic rings. The van der Waals surface area contributed by atoms with E-state index in [1.165, 1.54) is 0 Å². The van der Waals surface area contributed by atoms with E-state index in [1.54, 1.807) is 13.2 Å². The predicted octanol–water partition coefficient (Wildman–Crippen LogP) is 1.45. The maximum absolute atomic E-state index is 6.01. The van der Waals surface area contributed by atoms with Crippen LogP contribution in [0.4, 0.5) is 22.7 Å². The second-order valence-electron chi connectivity index (χ2n) is 4.22.